The second-order valence-electron chi connectivity index (χ2n) is 7.05. The molecule has 0 aliphatic carbocycles. The highest BCUT2D eigenvalue weighted by Gasteiger charge is 2.23. The maximum atomic E-state index is 12.7. The molecule has 0 amide bonds. The van der Waals surface area contributed by atoms with Crippen LogP contribution >= 0.6 is 23.8 Å². The molecule has 1 aromatic heterocycles. The fraction of sp³-hybridized carbons (Fsp3) is 0.238. The number of aromatic amines is 1. The third-order valence-electron chi connectivity index (χ3n) is 5.23. The zero-order valence-electron chi connectivity index (χ0n) is 15.8. The maximum absolute atomic E-state index is 12.7. The molecule has 0 atom stereocenters. The van der Waals surface area contributed by atoms with E-state index in [-0.39, 0.29) is 5.56 Å². The van der Waals surface area contributed by atoms with Crippen LogP contribution in [0.1, 0.15) is 22.3 Å². The van der Waals surface area contributed by atoms with Crippen molar-refractivity contribution in [2.75, 3.05) is 12.0 Å². The predicted molar refractivity (Wildman–Crippen MR) is 116 cm³/mol. The largest absolute Gasteiger partial charge is 0.358 e. The first-order valence-electron chi connectivity index (χ1n) is 9.10. The quantitative estimate of drug-likeness (QED) is 0.619. The molecule has 1 aliphatic heterocycles. The fourth-order valence-electron chi connectivity index (χ4n) is 3.56. The van der Waals surface area contributed by atoms with Crippen molar-refractivity contribution in [1.29, 1.82) is 0 Å². The summed E-state index contributed by atoms with van der Waals surface area (Å²) < 4.78 is 2.32. The van der Waals surface area contributed by atoms with Crippen LogP contribution in [0.15, 0.2) is 47.3 Å². The highest BCUT2D eigenvalue weighted by atomic mass is 35.5. The number of hydrogen-bond donors (Lipinski definition) is 2. The summed E-state index contributed by atoms with van der Waals surface area (Å²) in [7, 11) is 0. The molecule has 3 aromatic rings. The number of benzene rings is 2. The topological polar surface area (TPSA) is 53.1 Å². The van der Waals surface area contributed by atoms with Gasteiger partial charge in [-0.15, -0.1) is 0 Å². The number of anilines is 1. The number of nitrogens with one attached hydrogen (secondary N) is 2. The third-order valence-corrected chi connectivity index (χ3v) is 5.88. The van der Waals surface area contributed by atoms with Gasteiger partial charge < -0.3 is 5.32 Å². The van der Waals surface area contributed by atoms with Gasteiger partial charge in [0.2, 0.25) is 0 Å². The number of halogens is 1. The third kappa shape index (κ3) is 3.39. The first-order chi connectivity index (χ1) is 13.5. The van der Waals surface area contributed by atoms with Gasteiger partial charge in [-0.05, 0) is 54.9 Å². The molecule has 28 heavy (non-hydrogen) atoms. The van der Waals surface area contributed by atoms with Gasteiger partial charge in [0.05, 0.1) is 17.9 Å². The second-order valence-corrected chi connectivity index (χ2v) is 7.85. The molecule has 2 N–H and O–H groups in total. The van der Waals surface area contributed by atoms with E-state index in [2.05, 4.69) is 35.1 Å². The number of H-pyrrole nitrogens is 1. The van der Waals surface area contributed by atoms with Crippen molar-refractivity contribution in [3.63, 3.8) is 0 Å². The molecule has 0 saturated carbocycles. The zero-order valence-corrected chi connectivity index (χ0v) is 17.3. The lowest BCUT2D eigenvalue weighted by Crippen LogP contribution is -2.38. The van der Waals surface area contributed by atoms with Crippen molar-refractivity contribution in [3.8, 4) is 5.69 Å². The number of aryl methyl sites for hydroxylation is 1. The van der Waals surface area contributed by atoms with E-state index in [1.54, 1.807) is 0 Å². The van der Waals surface area contributed by atoms with Crippen molar-refractivity contribution in [1.82, 2.24) is 14.5 Å². The van der Waals surface area contributed by atoms with Gasteiger partial charge in [0.1, 0.15) is 5.82 Å². The molecule has 2 heterocycles. The summed E-state index contributed by atoms with van der Waals surface area (Å²) in [5.41, 5.74) is 4.84. The van der Waals surface area contributed by atoms with E-state index in [9.17, 15) is 4.79 Å². The van der Waals surface area contributed by atoms with E-state index in [1.807, 2.05) is 41.0 Å². The van der Waals surface area contributed by atoms with E-state index in [0.29, 0.717) is 30.1 Å². The van der Waals surface area contributed by atoms with Crippen molar-refractivity contribution in [2.24, 2.45) is 0 Å². The van der Waals surface area contributed by atoms with Gasteiger partial charge in [-0.2, -0.15) is 0 Å². The first kappa shape index (κ1) is 18.9. The lowest BCUT2D eigenvalue weighted by molar-refractivity contribution is 0.264. The lowest BCUT2D eigenvalue weighted by atomic mass is 10.1. The molecular weight excluding hydrogens is 392 g/mol. The molecule has 0 bridgehead atoms. The Kier molecular flexibility index (Phi) is 5.10. The van der Waals surface area contributed by atoms with Crippen molar-refractivity contribution >= 4 is 29.6 Å². The summed E-state index contributed by atoms with van der Waals surface area (Å²) in [5.74, 6) is 0.762. The van der Waals surface area contributed by atoms with Crippen LogP contribution in [-0.2, 0) is 13.1 Å². The minimum Gasteiger partial charge on any atom is -0.358 e. The molecule has 5 nitrogen and oxygen atoms in total. The van der Waals surface area contributed by atoms with E-state index in [1.165, 1.54) is 5.56 Å². The Bertz CT molecular complexity index is 1170. The number of nitrogens with zero attached hydrogens (tertiary/aromatic N) is 2. The summed E-state index contributed by atoms with van der Waals surface area (Å²) in [6.45, 7) is 5.91. The highest BCUT2D eigenvalue weighted by Crippen LogP contribution is 2.27. The number of rotatable bonds is 3. The summed E-state index contributed by atoms with van der Waals surface area (Å²) in [5, 5.41) is 4.14. The van der Waals surface area contributed by atoms with Crippen LogP contribution in [0.3, 0.4) is 0 Å². The van der Waals surface area contributed by atoms with E-state index >= 15 is 0 Å². The monoisotopic (exact) mass is 412 g/mol. The molecule has 0 spiro atoms. The predicted octanol–water partition coefficient (Wildman–Crippen LogP) is 4.55. The molecule has 7 heteroatoms. The maximum Gasteiger partial charge on any atom is 0.258 e. The van der Waals surface area contributed by atoms with Crippen molar-refractivity contribution in [2.45, 2.75) is 26.9 Å². The van der Waals surface area contributed by atoms with Crippen LogP contribution < -0.4 is 10.9 Å². The second kappa shape index (κ2) is 7.54. The normalized spacial score (nSPS) is 13.8. The first-order valence-corrected chi connectivity index (χ1v) is 9.88. The van der Waals surface area contributed by atoms with E-state index in [0.717, 1.165) is 27.7 Å². The van der Waals surface area contributed by atoms with Crippen LogP contribution in [0, 0.1) is 18.6 Å². The Hall–Kier alpha value is -2.41. The highest BCUT2D eigenvalue weighted by molar-refractivity contribution is 7.71. The van der Waals surface area contributed by atoms with Gasteiger partial charge >= 0.3 is 0 Å². The number of fused-ring (bicyclic) bond motifs is 1. The Morgan fingerprint density at radius 2 is 1.93 bits per heavy atom. The van der Waals surface area contributed by atoms with Gasteiger partial charge in [-0.3, -0.25) is 19.2 Å². The molecule has 0 saturated heterocycles. The van der Waals surface area contributed by atoms with E-state index in [4.69, 9.17) is 23.8 Å². The smallest absolute Gasteiger partial charge is 0.258 e. The van der Waals surface area contributed by atoms with Gasteiger partial charge in [0.15, 0.2) is 4.77 Å². The molecule has 0 fully saturated rings. The SMILES string of the molecule is Cc1cccc(-n2c3c(c(=O)[nH]c2=S)CN(Cc2ccccc2Cl)CN3)c1C. The average Bonchev–Trinajstić information content (AvgIpc) is 2.67. The fourth-order valence-corrected chi connectivity index (χ4v) is 4.04. The minimum absolute atomic E-state index is 0.155. The average molecular weight is 413 g/mol. The molecule has 144 valence electrons. The zero-order chi connectivity index (χ0) is 19.8. The van der Waals surface area contributed by atoms with Crippen molar-refractivity contribution in [3.05, 3.63) is 84.9 Å². The van der Waals surface area contributed by atoms with Gasteiger partial charge in [-0.1, -0.05) is 41.9 Å². The molecule has 1 aliphatic rings. The molecule has 0 radical (unpaired) electrons. The standard InChI is InChI=1S/C21H21ClN4OS/c1-13-6-5-9-18(14(13)2)26-19-16(20(27)24-21(26)28)11-25(12-23-19)10-15-7-3-4-8-17(15)22/h3-9,23H,10-12H2,1-2H3,(H,24,27,28). The summed E-state index contributed by atoms with van der Waals surface area (Å²) in [4.78, 5) is 17.6. The summed E-state index contributed by atoms with van der Waals surface area (Å²) >= 11 is 11.8. The van der Waals surface area contributed by atoms with Crippen LogP contribution in [0.4, 0.5) is 5.82 Å². The molecule has 4 rings (SSSR count). The summed E-state index contributed by atoms with van der Waals surface area (Å²) in [6, 6.07) is 13.9. The van der Waals surface area contributed by atoms with Crippen LogP contribution in [-0.4, -0.2) is 21.1 Å². The van der Waals surface area contributed by atoms with Gasteiger partial charge in [-0.25, -0.2) is 0 Å². The van der Waals surface area contributed by atoms with E-state index < -0.39 is 0 Å². The molecular formula is C21H21ClN4OS. The Labute approximate surface area is 173 Å². The van der Waals surface area contributed by atoms with Gasteiger partial charge in [0, 0.05) is 18.1 Å². The Morgan fingerprint density at radius 3 is 2.71 bits per heavy atom. The van der Waals surface area contributed by atoms with Gasteiger partial charge in [0.25, 0.3) is 5.56 Å². The van der Waals surface area contributed by atoms with Crippen LogP contribution in [0.2, 0.25) is 5.02 Å². The Balaban J connectivity index is 1.75. The summed E-state index contributed by atoms with van der Waals surface area (Å²) in [6.07, 6.45) is 0. The molecule has 0 unspecified atom stereocenters. The molecule has 2 aromatic carbocycles. The number of hydrogen-bond acceptors (Lipinski definition) is 4. The van der Waals surface area contributed by atoms with Crippen molar-refractivity contribution < 1.29 is 0 Å². The Morgan fingerprint density at radius 1 is 1.14 bits per heavy atom. The minimum atomic E-state index is -0.155. The van der Waals surface area contributed by atoms with Crippen LogP contribution in [0.25, 0.3) is 5.69 Å². The number of aromatic nitrogens is 2. The lowest BCUT2D eigenvalue weighted by Gasteiger charge is -2.31. The van der Waals surface area contributed by atoms with Crippen LogP contribution in [0.5, 0.6) is 0 Å².